The van der Waals surface area contributed by atoms with Crippen LogP contribution < -0.4 is 5.32 Å². The van der Waals surface area contributed by atoms with Gasteiger partial charge in [0.25, 0.3) is 0 Å². The molecule has 0 rings (SSSR count). The zero-order valence-corrected chi connectivity index (χ0v) is 41.5. The molecule has 0 fully saturated rings. The van der Waals surface area contributed by atoms with Gasteiger partial charge in [-0.2, -0.15) is 0 Å². The molecule has 0 aliphatic carbocycles. The van der Waals surface area contributed by atoms with Crippen LogP contribution in [0.5, 0.6) is 0 Å². The number of hydrogen-bond donors (Lipinski definition) is 3. The first-order chi connectivity index (χ1) is 30.5. The van der Waals surface area contributed by atoms with Gasteiger partial charge in [0.05, 0.1) is 25.2 Å². The van der Waals surface area contributed by atoms with E-state index in [1.807, 2.05) is 0 Å². The van der Waals surface area contributed by atoms with Gasteiger partial charge in [0.1, 0.15) is 6.10 Å². The average molecular weight is 872 g/mol. The van der Waals surface area contributed by atoms with Gasteiger partial charge in [0, 0.05) is 6.42 Å². The molecule has 3 unspecified atom stereocenters. The summed E-state index contributed by atoms with van der Waals surface area (Å²) >= 11 is 0. The van der Waals surface area contributed by atoms with Crippen LogP contribution in [-0.2, 0) is 14.3 Å². The van der Waals surface area contributed by atoms with Gasteiger partial charge in [-0.1, -0.05) is 243 Å². The Morgan fingerprint density at radius 1 is 0.468 bits per heavy atom. The van der Waals surface area contributed by atoms with Crippen molar-refractivity contribution < 1.29 is 24.5 Å². The molecule has 0 aromatic heterocycles. The van der Waals surface area contributed by atoms with E-state index in [1.54, 1.807) is 0 Å². The zero-order valence-electron chi connectivity index (χ0n) is 41.5. The highest BCUT2D eigenvalue weighted by atomic mass is 16.5. The average Bonchev–Trinajstić information content (AvgIpc) is 3.26. The molecule has 0 aromatic rings. The maximum absolute atomic E-state index is 13.2. The molecule has 0 spiro atoms. The molecule has 0 saturated heterocycles. The van der Waals surface area contributed by atoms with E-state index < -0.39 is 18.2 Å². The molecule has 364 valence electrons. The number of aliphatic hydroxyl groups is 2. The Morgan fingerprint density at radius 3 is 1.27 bits per heavy atom. The van der Waals surface area contributed by atoms with Crippen molar-refractivity contribution in [3.8, 4) is 0 Å². The van der Waals surface area contributed by atoms with Crippen LogP contribution in [0.25, 0.3) is 0 Å². The van der Waals surface area contributed by atoms with Crippen molar-refractivity contribution >= 4 is 11.9 Å². The van der Waals surface area contributed by atoms with Crippen molar-refractivity contribution in [1.82, 2.24) is 5.32 Å². The van der Waals surface area contributed by atoms with Gasteiger partial charge in [-0.25, -0.2) is 0 Å². The van der Waals surface area contributed by atoms with Crippen LogP contribution >= 0.6 is 0 Å². The fourth-order valence-corrected chi connectivity index (χ4v) is 8.32. The molecule has 0 aromatic carbocycles. The van der Waals surface area contributed by atoms with Gasteiger partial charge in [-0.3, -0.25) is 9.59 Å². The van der Waals surface area contributed by atoms with Crippen LogP contribution in [0.2, 0.25) is 0 Å². The lowest BCUT2D eigenvalue weighted by Gasteiger charge is -2.24. The minimum atomic E-state index is -0.791. The summed E-state index contributed by atoms with van der Waals surface area (Å²) in [5.41, 5.74) is 0. The van der Waals surface area contributed by atoms with Gasteiger partial charge in [-0.05, 0) is 64.2 Å². The Morgan fingerprint density at radius 2 is 0.823 bits per heavy atom. The van der Waals surface area contributed by atoms with E-state index in [2.05, 4.69) is 62.5 Å². The summed E-state index contributed by atoms with van der Waals surface area (Å²) in [6.45, 7) is 6.46. The normalized spacial score (nSPS) is 13.4. The molecule has 0 aliphatic heterocycles. The van der Waals surface area contributed by atoms with Gasteiger partial charge in [0.15, 0.2) is 0 Å². The highest BCUT2D eigenvalue weighted by Gasteiger charge is 2.24. The van der Waals surface area contributed by atoms with Gasteiger partial charge in [-0.15, -0.1) is 0 Å². The largest absolute Gasteiger partial charge is 0.462 e. The van der Waals surface area contributed by atoms with Crippen molar-refractivity contribution in [2.24, 2.45) is 0 Å². The predicted molar refractivity (Wildman–Crippen MR) is 269 cm³/mol. The van der Waals surface area contributed by atoms with E-state index in [-0.39, 0.29) is 24.9 Å². The Kier molecular flexibility index (Phi) is 48.5. The van der Waals surface area contributed by atoms with E-state index in [4.69, 9.17) is 4.74 Å². The second-order valence-corrected chi connectivity index (χ2v) is 18.6. The lowest BCUT2D eigenvalue weighted by atomic mass is 10.0. The molecule has 1 amide bonds. The number of unbranched alkanes of at least 4 members (excludes halogenated alkanes) is 31. The maximum atomic E-state index is 13.2. The smallest absolute Gasteiger partial charge is 0.306 e. The molecule has 0 aliphatic rings. The third kappa shape index (κ3) is 44.7. The molecule has 3 atom stereocenters. The molecule has 6 heteroatoms. The molecule has 0 radical (unpaired) electrons. The van der Waals surface area contributed by atoms with E-state index in [1.165, 1.54) is 161 Å². The monoisotopic (exact) mass is 872 g/mol. The second kappa shape index (κ2) is 50.1. The Balaban J connectivity index is 4.57. The van der Waals surface area contributed by atoms with Crippen molar-refractivity contribution in [3.63, 3.8) is 0 Å². The molecular formula is C56H105NO5. The van der Waals surface area contributed by atoms with E-state index in [0.717, 1.165) is 77.0 Å². The minimum absolute atomic E-state index is 0.0665. The summed E-state index contributed by atoms with van der Waals surface area (Å²) in [4.78, 5) is 26.2. The molecule has 62 heavy (non-hydrogen) atoms. The Bertz CT molecular complexity index is 1020. The molecular weight excluding hydrogens is 767 g/mol. The number of carbonyl (C=O) groups excluding carboxylic acids is 2. The number of carbonyl (C=O) groups is 2. The summed E-state index contributed by atoms with van der Waals surface area (Å²) in [6, 6.07) is -0.706. The van der Waals surface area contributed by atoms with E-state index >= 15 is 0 Å². The Labute approximate surface area is 385 Å². The number of allylic oxidation sites excluding steroid dienone is 6. The predicted octanol–water partition coefficient (Wildman–Crippen LogP) is 16.5. The third-order valence-electron chi connectivity index (χ3n) is 12.5. The fourth-order valence-electron chi connectivity index (χ4n) is 8.32. The number of hydrogen-bond acceptors (Lipinski definition) is 5. The zero-order chi connectivity index (χ0) is 45.2. The highest BCUT2D eigenvalue weighted by molar-refractivity contribution is 5.77. The van der Waals surface area contributed by atoms with Crippen molar-refractivity contribution in [3.05, 3.63) is 36.5 Å². The van der Waals surface area contributed by atoms with E-state index in [0.29, 0.717) is 19.3 Å². The summed E-state index contributed by atoms with van der Waals surface area (Å²) in [5, 5.41) is 23.8. The lowest BCUT2D eigenvalue weighted by molar-refractivity contribution is -0.151. The first-order valence-corrected chi connectivity index (χ1v) is 27.2. The summed E-state index contributed by atoms with van der Waals surface area (Å²) < 4.78 is 5.93. The third-order valence-corrected chi connectivity index (χ3v) is 12.5. The molecule has 3 N–H and O–H groups in total. The number of aliphatic hydroxyl groups excluding tert-OH is 2. The van der Waals surface area contributed by atoms with Crippen LogP contribution in [0.15, 0.2) is 36.5 Å². The minimum Gasteiger partial charge on any atom is -0.462 e. The van der Waals surface area contributed by atoms with Crippen LogP contribution in [-0.4, -0.2) is 46.9 Å². The first-order valence-electron chi connectivity index (χ1n) is 27.2. The van der Waals surface area contributed by atoms with Gasteiger partial charge in [0.2, 0.25) is 5.91 Å². The van der Waals surface area contributed by atoms with Crippen LogP contribution in [0, 0.1) is 0 Å². The van der Waals surface area contributed by atoms with Crippen LogP contribution in [0.3, 0.4) is 0 Å². The maximum Gasteiger partial charge on any atom is 0.306 e. The quantitative estimate of drug-likeness (QED) is 0.0321. The highest BCUT2D eigenvalue weighted by Crippen LogP contribution is 2.18. The van der Waals surface area contributed by atoms with Gasteiger partial charge < -0.3 is 20.3 Å². The number of esters is 1. The summed E-state index contributed by atoms with van der Waals surface area (Å²) in [6.07, 6.45) is 59.1. The van der Waals surface area contributed by atoms with E-state index in [9.17, 15) is 19.8 Å². The molecule has 0 saturated carbocycles. The number of ether oxygens (including phenoxy) is 1. The summed E-state index contributed by atoms with van der Waals surface area (Å²) in [7, 11) is 0. The van der Waals surface area contributed by atoms with Crippen molar-refractivity contribution in [2.75, 3.05) is 6.61 Å². The molecule has 0 bridgehead atoms. The number of nitrogens with one attached hydrogen (secondary N) is 1. The standard InChI is InChI=1S/C56H105NO5/c1-4-7-10-13-16-19-22-24-26-27-29-30-33-35-38-41-44-47-52(62-56(61)49-46-43-40-37-32-21-18-15-12-9-6-3)50-55(60)57-53(51-58)54(59)48-45-42-39-36-34-31-28-25-23-20-17-14-11-8-5-2/h16,19,24,26,29-30,52-54,58-59H,4-15,17-18,20-23,25,27-28,31-51H2,1-3H3,(H,57,60)/b19-16-,26-24-,30-29-. The topological polar surface area (TPSA) is 95.9 Å². The number of amides is 1. The van der Waals surface area contributed by atoms with Crippen LogP contribution in [0.1, 0.15) is 284 Å². The molecule has 0 heterocycles. The molecule has 6 nitrogen and oxygen atoms in total. The van der Waals surface area contributed by atoms with Gasteiger partial charge >= 0.3 is 5.97 Å². The Hall–Kier alpha value is -1.92. The summed E-state index contributed by atoms with van der Waals surface area (Å²) in [5.74, 6) is -0.484. The fraction of sp³-hybridized carbons (Fsp3) is 0.857. The lowest BCUT2D eigenvalue weighted by Crippen LogP contribution is -2.46. The van der Waals surface area contributed by atoms with Crippen LogP contribution in [0.4, 0.5) is 0 Å². The number of rotatable bonds is 49. The van der Waals surface area contributed by atoms with Crippen molar-refractivity contribution in [2.45, 2.75) is 302 Å². The van der Waals surface area contributed by atoms with Crippen molar-refractivity contribution in [1.29, 1.82) is 0 Å². The SMILES string of the molecule is CCCCC/C=C\C/C=C\C/C=C\CCCCCCC(CC(=O)NC(CO)C(O)CCCCCCCCCCCCCCCCC)OC(=O)CCCCCCCCCCCCC. The first kappa shape index (κ1) is 60.1. The second-order valence-electron chi connectivity index (χ2n) is 18.6.